The van der Waals surface area contributed by atoms with Gasteiger partial charge < -0.3 is 25.5 Å². The first kappa shape index (κ1) is 36.5. The molecule has 15 nitrogen and oxygen atoms in total. The maximum atomic E-state index is 13.3. The van der Waals surface area contributed by atoms with E-state index in [0.29, 0.717) is 54.6 Å². The van der Waals surface area contributed by atoms with E-state index in [9.17, 15) is 19.5 Å². The second kappa shape index (κ2) is 15.3. The molecular weight excluding hydrogens is 687 g/mol. The monoisotopic (exact) mass is 733 g/mol. The van der Waals surface area contributed by atoms with Crippen LogP contribution in [0.4, 0.5) is 17.5 Å². The molecule has 282 valence electrons. The molecule has 7 rings (SSSR count). The van der Waals surface area contributed by atoms with Crippen LogP contribution >= 0.6 is 0 Å². The quantitative estimate of drug-likeness (QED) is 0.169. The molecule has 3 aromatic heterocycles. The minimum absolute atomic E-state index is 0.0919. The minimum atomic E-state index is -0.712. The summed E-state index contributed by atoms with van der Waals surface area (Å²) in [6, 6.07) is 14.3. The zero-order valence-electron chi connectivity index (χ0n) is 31.1. The molecule has 2 aliphatic rings. The molecule has 0 bridgehead atoms. The molecule has 2 fully saturated rings. The molecule has 2 aliphatic heterocycles. The zero-order valence-corrected chi connectivity index (χ0v) is 31.1. The van der Waals surface area contributed by atoms with Crippen molar-refractivity contribution < 1.29 is 14.7 Å². The zero-order chi connectivity index (χ0) is 38.1. The second-order valence-corrected chi connectivity index (χ2v) is 14.4. The van der Waals surface area contributed by atoms with Crippen molar-refractivity contribution >= 4 is 40.3 Å². The summed E-state index contributed by atoms with van der Waals surface area (Å²) >= 11 is 0. The highest BCUT2D eigenvalue weighted by Gasteiger charge is 2.35. The van der Waals surface area contributed by atoms with Crippen LogP contribution in [-0.4, -0.2) is 89.9 Å². The van der Waals surface area contributed by atoms with E-state index in [2.05, 4.69) is 51.1 Å². The number of carbonyl (C=O) groups excluding carboxylic acids is 2. The van der Waals surface area contributed by atoms with Crippen molar-refractivity contribution in [2.24, 2.45) is 7.05 Å². The highest BCUT2D eigenvalue weighted by Crippen LogP contribution is 2.34. The molecule has 5 aromatic rings. The molecule has 0 aliphatic carbocycles. The van der Waals surface area contributed by atoms with Crippen molar-refractivity contribution in [2.75, 3.05) is 42.2 Å². The van der Waals surface area contributed by atoms with E-state index < -0.39 is 11.9 Å². The molecule has 54 heavy (non-hydrogen) atoms. The number of aromatic hydroxyl groups is 1. The van der Waals surface area contributed by atoms with Gasteiger partial charge in [0.25, 0.3) is 0 Å². The van der Waals surface area contributed by atoms with Crippen LogP contribution in [0, 0.1) is 0 Å². The Balaban J connectivity index is 0.974. The van der Waals surface area contributed by atoms with Gasteiger partial charge in [-0.25, -0.2) is 14.8 Å². The predicted octanol–water partition coefficient (Wildman–Crippen LogP) is 3.41. The van der Waals surface area contributed by atoms with Gasteiger partial charge in [0.2, 0.25) is 17.8 Å². The first-order valence-corrected chi connectivity index (χ1v) is 18.5. The number of nitrogen functional groups attached to an aromatic ring is 1. The Morgan fingerprint density at radius 3 is 2.56 bits per heavy atom. The molecule has 0 radical (unpaired) electrons. The van der Waals surface area contributed by atoms with Crippen LogP contribution in [0.3, 0.4) is 0 Å². The average molecular weight is 734 g/mol. The topological polar surface area (TPSA) is 181 Å². The number of carbonyl (C=O) groups is 2. The molecular formula is C39H47N11O4. The molecule has 0 saturated carbocycles. The fourth-order valence-corrected chi connectivity index (χ4v) is 7.94. The number of phenols is 1. The average Bonchev–Trinajstić information content (AvgIpc) is 3.41. The van der Waals surface area contributed by atoms with Gasteiger partial charge in [-0.2, -0.15) is 0 Å². The van der Waals surface area contributed by atoms with Crippen molar-refractivity contribution in [1.29, 1.82) is 0 Å². The highest BCUT2D eigenvalue weighted by atomic mass is 16.3. The fraction of sp³-hybridized carbons (Fsp3) is 0.410. The molecule has 3 atom stereocenters. The maximum Gasteiger partial charge on any atom is 0.329 e. The van der Waals surface area contributed by atoms with Gasteiger partial charge in [0, 0.05) is 63.1 Å². The molecule has 2 aromatic carbocycles. The third-order valence-electron chi connectivity index (χ3n) is 10.7. The van der Waals surface area contributed by atoms with Crippen LogP contribution in [0.5, 0.6) is 5.75 Å². The lowest BCUT2D eigenvalue weighted by Gasteiger charge is -2.46. The van der Waals surface area contributed by atoms with Crippen LogP contribution in [0.1, 0.15) is 56.7 Å². The lowest BCUT2D eigenvalue weighted by Crippen LogP contribution is -2.58. The van der Waals surface area contributed by atoms with E-state index in [0.717, 1.165) is 48.1 Å². The lowest BCUT2D eigenvalue weighted by molar-refractivity contribution is -0.135. The van der Waals surface area contributed by atoms with E-state index in [-0.39, 0.29) is 35.9 Å². The third kappa shape index (κ3) is 7.10. The van der Waals surface area contributed by atoms with Gasteiger partial charge in [-0.15, -0.1) is 10.2 Å². The number of anilines is 3. The number of nitrogens with one attached hydrogen (secondary N) is 1. The smallest absolute Gasteiger partial charge is 0.329 e. The normalized spacial score (nSPS) is 19.2. The van der Waals surface area contributed by atoms with Crippen LogP contribution in [0.15, 0.2) is 65.7 Å². The second-order valence-electron chi connectivity index (χ2n) is 14.4. The van der Waals surface area contributed by atoms with Gasteiger partial charge in [-0.1, -0.05) is 31.2 Å². The summed E-state index contributed by atoms with van der Waals surface area (Å²) in [7, 11) is 3.79. The summed E-state index contributed by atoms with van der Waals surface area (Å²) in [4.78, 5) is 54.1. The molecule has 0 spiro atoms. The van der Waals surface area contributed by atoms with Crippen molar-refractivity contribution in [3.63, 3.8) is 0 Å². The Hall–Kier alpha value is -5.83. The Morgan fingerprint density at radius 2 is 1.81 bits per heavy atom. The van der Waals surface area contributed by atoms with E-state index in [4.69, 9.17) is 15.7 Å². The number of fused-ring (bicyclic) bond motifs is 1. The van der Waals surface area contributed by atoms with Crippen LogP contribution in [0.25, 0.3) is 22.3 Å². The summed E-state index contributed by atoms with van der Waals surface area (Å²) in [5.74, 6) is 0.448. The number of aryl methyl sites for hydroxylation is 2. The number of phenolic OH excluding ortho intramolecular Hbond substituents is 1. The first-order valence-electron chi connectivity index (χ1n) is 18.5. The molecule has 5 heterocycles. The summed E-state index contributed by atoms with van der Waals surface area (Å²) in [5, 5.41) is 21.3. The number of piperazine rings is 1. The summed E-state index contributed by atoms with van der Waals surface area (Å²) in [6.07, 6.45) is 6.94. The largest absolute Gasteiger partial charge is 0.507 e. The van der Waals surface area contributed by atoms with Crippen LogP contribution in [0.2, 0.25) is 0 Å². The number of benzene rings is 2. The minimum Gasteiger partial charge on any atom is -0.507 e. The van der Waals surface area contributed by atoms with Crippen molar-refractivity contribution in [3.05, 3.63) is 82.5 Å². The third-order valence-corrected chi connectivity index (χ3v) is 10.7. The number of nitrogens with zero attached hydrogens (tertiary/aromatic N) is 9. The molecule has 4 N–H and O–H groups in total. The number of rotatable bonds is 11. The number of aromatic nitrogens is 6. The predicted molar refractivity (Wildman–Crippen MR) is 207 cm³/mol. The summed E-state index contributed by atoms with van der Waals surface area (Å²) < 4.78 is 3.13. The number of imide groups is 1. The number of para-hydroxylation sites is 2. The number of hydrogen-bond donors (Lipinski definition) is 3. The van der Waals surface area contributed by atoms with Crippen molar-refractivity contribution in [2.45, 2.75) is 70.6 Å². The van der Waals surface area contributed by atoms with Gasteiger partial charge in [0.1, 0.15) is 11.8 Å². The number of imidazole rings is 1. The van der Waals surface area contributed by atoms with Crippen molar-refractivity contribution in [3.8, 4) is 17.0 Å². The van der Waals surface area contributed by atoms with Crippen molar-refractivity contribution in [1.82, 2.24) is 39.5 Å². The van der Waals surface area contributed by atoms with E-state index in [1.165, 1.54) is 4.57 Å². The maximum absolute atomic E-state index is 13.3. The molecule has 2 saturated heterocycles. The Bertz CT molecular complexity index is 2230. The molecule has 2 amide bonds. The van der Waals surface area contributed by atoms with Gasteiger partial charge in [0.05, 0.1) is 22.4 Å². The SMILES string of the molecule is CCC1CN(c2cc(-c3ccccc3O)nnc2N)CC(C)N1c1ncc(CCCN(C)Cc2cccc3c2n(C)c(=O)n3C2CCC(=O)NC2=O)cn1. The molecule has 3 unspecified atom stereocenters. The standard InChI is InChI=1S/C39H47N11O4/c1-5-27-23-48(32-18-29(44-45-36(32)40)28-12-6-7-14-33(28)51)21-24(2)49(27)38-41-19-25(20-42-38)10-9-17-46(3)22-26-11-8-13-30-35(26)47(4)39(54)50(30)31-15-16-34(52)43-37(31)53/h6-8,11-14,18-20,24,27,31,51H,5,9-10,15-17,21-23H2,1-4H3,(H2,40,45)(H,43,52,53). The van der Waals surface area contributed by atoms with Gasteiger partial charge >= 0.3 is 5.69 Å². The number of piperidine rings is 1. The van der Waals surface area contributed by atoms with E-state index >= 15 is 0 Å². The van der Waals surface area contributed by atoms with Crippen LogP contribution < -0.4 is 26.5 Å². The molecule has 15 heteroatoms. The van der Waals surface area contributed by atoms with Gasteiger partial charge in [-0.3, -0.25) is 24.0 Å². The van der Waals surface area contributed by atoms with Crippen LogP contribution in [-0.2, 0) is 29.6 Å². The van der Waals surface area contributed by atoms with E-state index in [1.54, 1.807) is 23.7 Å². The lowest BCUT2D eigenvalue weighted by atomic mass is 10.0. The highest BCUT2D eigenvalue weighted by molar-refractivity contribution is 6.00. The summed E-state index contributed by atoms with van der Waals surface area (Å²) in [6.45, 7) is 7.16. The number of amides is 2. The van der Waals surface area contributed by atoms with Gasteiger partial charge in [0.15, 0.2) is 5.82 Å². The summed E-state index contributed by atoms with van der Waals surface area (Å²) in [5.41, 5.74) is 11.6. The van der Waals surface area contributed by atoms with Gasteiger partial charge in [-0.05, 0) is 81.6 Å². The number of nitrogens with two attached hydrogens (primary N) is 1. The fourth-order valence-electron chi connectivity index (χ4n) is 7.94. The Labute approximate surface area is 313 Å². The Kier molecular flexibility index (Phi) is 10.3. The van der Waals surface area contributed by atoms with E-state index in [1.807, 2.05) is 48.8 Å². The number of hydrogen-bond acceptors (Lipinski definition) is 12. The Morgan fingerprint density at radius 1 is 1.04 bits per heavy atom. The first-order chi connectivity index (χ1) is 26.0.